The van der Waals surface area contributed by atoms with Gasteiger partial charge in [-0.15, -0.1) is 0 Å². The number of hydrogen-bond donors (Lipinski definition) is 0. The van der Waals surface area contributed by atoms with Gasteiger partial charge in [0.15, 0.2) is 0 Å². The van der Waals surface area contributed by atoms with Crippen LogP contribution in [0.4, 0.5) is 8.78 Å². The number of ether oxygens (including phenoxy) is 1. The molecule has 0 aliphatic rings. The third-order valence-corrected chi connectivity index (χ3v) is 0.747. The Morgan fingerprint density at radius 1 is 1.56 bits per heavy atom. The Morgan fingerprint density at radius 2 is 2.11 bits per heavy atom. The summed E-state index contributed by atoms with van der Waals surface area (Å²) in [4.78, 5) is 0. The number of methoxy groups -OCH3 is 1. The van der Waals surface area contributed by atoms with E-state index < -0.39 is 12.5 Å². The first kappa shape index (κ1) is 8.56. The van der Waals surface area contributed by atoms with Crippen molar-refractivity contribution in [3.05, 3.63) is 12.2 Å². The van der Waals surface area contributed by atoms with Crippen molar-refractivity contribution in [2.75, 3.05) is 13.7 Å². The fraction of sp³-hybridized carbons (Fsp3) is 0.667. The third-order valence-electron chi connectivity index (χ3n) is 0.747. The standard InChI is InChI=1S/C6H10F2O/c1-3-4-6(7,8)5-9-2/h3-4H,5H2,1-2H3. The van der Waals surface area contributed by atoms with Crippen LogP contribution in [0.5, 0.6) is 0 Å². The van der Waals surface area contributed by atoms with E-state index in [1.165, 1.54) is 13.2 Å². The zero-order chi connectivity index (χ0) is 7.33. The SMILES string of the molecule is CC=CC(F)(F)COC. The summed E-state index contributed by atoms with van der Waals surface area (Å²) in [5.41, 5.74) is 0. The first-order valence-electron chi connectivity index (χ1n) is 2.63. The molecule has 0 aromatic rings. The summed E-state index contributed by atoms with van der Waals surface area (Å²) in [6.07, 6.45) is 2.12. The van der Waals surface area contributed by atoms with Crippen molar-refractivity contribution in [1.82, 2.24) is 0 Å². The van der Waals surface area contributed by atoms with Crippen molar-refractivity contribution in [2.45, 2.75) is 12.8 Å². The van der Waals surface area contributed by atoms with Crippen molar-refractivity contribution in [3.8, 4) is 0 Å². The first-order chi connectivity index (χ1) is 4.12. The van der Waals surface area contributed by atoms with Crippen LogP contribution in [0, 0.1) is 0 Å². The molecule has 0 aliphatic heterocycles. The Morgan fingerprint density at radius 3 is 2.44 bits per heavy atom. The van der Waals surface area contributed by atoms with Crippen LogP contribution < -0.4 is 0 Å². The van der Waals surface area contributed by atoms with E-state index in [2.05, 4.69) is 4.74 Å². The molecule has 0 aromatic heterocycles. The van der Waals surface area contributed by atoms with Crippen molar-refractivity contribution in [3.63, 3.8) is 0 Å². The molecule has 0 heterocycles. The summed E-state index contributed by atoms with van der Waals surface area (Å²) < 4.78 is 28.7. The fourth-order valence-electron chi connectivity index (χ4n) is 0.484. The van der Waals surface area contributed by atoms with Crippen molar-refractivity contribution < 1.29 is 13.5 Å². The summed E-state index contributed by atoms with van der Waals surface area (Å²) in [7, 11) is 1.25. The second kappa shape index (κ2) is 3.56. The summed E-state index contributed by atoms with van der Waals surface area (Å²) >= 11 is 0. The molecule has 0 spiro atoms. The molecule has 0 saturated carbocycles. The van der Waals surface area contributed by atoms with Gasteiger partial charge in [0.25, 0.3) is 5.92 Å². The molecule has 0 amide bonds. The van der Waals surface area contributed by atoms with Crippen LogP contribution in [-0.2, 0) is 4.74 Å². The van der Waals surface area contributed by atoms with Gasteiger partial charge in [-0.05, 0) is 13.0 Å². The quantitative estimate of drug-likeness (QED) is 0.538. The van der Waals surface area contributed by atoms with Gasteiger partial charge >= 0.3 is 0 Å². The maximum atomic E-state index is 12.2. The minimum atomic E-state index is -2.80. The van der Waals surface area contributed by atoms with Crippen molar-refractivity contribution in [1.29, 1.82) is 0 Å². The first-order valence-corrected chi connectivity index (χ1v) is 2.63. The number of rotatable bonds is 3. The van der Waals surface area contributed by atoms with E-state index in [0.717, 1.165) is 6.08 Å². The molecular formula is C6H10F2O. The fourth-order valence-corrected chi connectivity index (χ4v) is 0.484. The highest BCUT2D eigenvalue weighted by Gasteiger charge is 2.23. The minimum absolute atomic E-state index is 0.544. The number of hydrogen-bond acceptors (Lipinski definition) is 1. The van der Waals surface area contributed by atoms with Crippen LogP contribution in [0.1, 0.15) is 6.92 Å². The molecule has 0 rings (SSSR count). The molecule has 0 saturated heterocycles. The minimum Gasteiger partial charge on any atom is -0.378 e. The Kier molecular flexibility index (Phi) is 3.39. The van der Waals surface area contributed by atoms with E-state index in [-0.39, 0.29) is 0 Å². The number of alkyl halides is 2. The van der Waals surface area contributed by atoms with E-state index in [0.29, 0.717) is 0 Å². The van der Waals surface area contributed by atoms with Gasteiger partial charge in [-0.1, -0.05) is 6.08 Å². The highest BCUT2D eigenvalue weighted by atomic mass is 19.3. The van der Waals surface area contributed by atoms with Gasteiger partial charge in [-0.2, -0.15) is 8.78 Å². The van der Waals surface area contributed by atoms with Crippen LogP contribution >= 0.6 is 0 Å². The molecule has 9 heavy (non-hydrogen) atoms. The lowest BCUT2D eigenvalue weighted by Gasteiger charge is -2.08. The monoisotopic (exact) mass is 136 g/mol. The van der Waals surface area contributed by atoms with Gasteiger partial charge in [-0.25, -0.2) is 0 Å². The molecule has 0 unspecified atom stereocenters. The smallest absolute Gasteiger partial charge is 0.289 e. The van der Waals surface area contributed by atoms with E-state index in [1.54, 1.807) is 6.92 Å². The predicted octanol–water partition coefficient (Wildman–Crippen LogP) is 1.84. The highest BCUT2D eigenvalue weighted by Crippen LogP contribution is 2.14. The van der Waals surface area contributed by atoms with E-state index in [1.807, 2.05) is 0 Å². The van der Waals surface area contributed by atoms with E-state index in [4.69, 9.17) is 0 Å². The van der Waals surface area contributed by atoms with Crippen LogP contribution in [0.2, 0.25) is 0 Å². The van der Waals surface area contributed by atoms with Gasteiger partial charge < -0.3 is 4.74 Å². The molecule has 0 aromatic carbocycles. The Labute approximate surface area is 53.3 Å². The molecule has 0 atom stereocenters. The molecule has 0 fully saturated rings. The van der Waals surface area contributed by atoms with Gasteiger partial charge in [0, 0.05) is 7.11 Å². The maximum absolute atomic E-state index is 12.2. The Hall–Kier alpha value is -0.440. The van der Waals surface area contributed by atoms with Crippen LogP contribution in [0.25, 0.3) is 0 Å². The van der Waals surface area contributed by atoms with Crippen molar-refractivity contribution in [2.24, 2.45) is 0 Å². The van der Waals surface area contributed by atoms with Gasteiger partial charge in [-0.3, -0.25) is 0 Å². The Balaban J connectivity index is 3.70. The summed E-state index contributed by atoms with van der Waals surface area (Å²) in [5.74, 6) is -2.80. The van der Waals surface area contributed by atoms with E-state index >= 15 is 0 Å². The zero-order valence-corrected chi connectivity index (χ0v) is 5.53. The highest BCUT2D eigenvalue weighted by molar-refractivity contribution is 4.92. The molecule has 1 nitrogen and oxygen atoms in total. The summed E-state index contributed by atoms with van der Waals surface area (Å²) in [6, 6.07) is 0. The second-order valence-corrected chi connectivity index (χ2v) is 1.69. The summed E-state index contributed by atoms with van der Waals surface area (Å²) in [5, 5.41) is 0. The van der Waals surface area contributed by atoms with Crippen molar-refractivity contribution >= 4 is 0 Å². The molecular weight excluding hydrogens is 126 g/mol. The largest absolute Gasteiger partial charge is 0.378 e. The molecule has 0 N–H and O–H groups in total. The van der Waals surface area contributed by atoms with Crippen LogP contribution in [0.15, 0.2) is 12.2 Å². The van der Waals surface area contributed by atoms with Crippen LogP contribution in [-0.4, -0.2) is 19.6 Å². The molecule has 0 radical (unpaired) electrons. The third kappa shape index (κ3) is 4.09. The number of halogens is 2. The Bertz CT molecular complexity index is 99.2. The lowest BCUT2D eigenvalue weighted by Crippen LogP contribution is -2.19. The normalized spacial score (nSPS) is 12.9. The average molecular weight is 136 g/mol. The zero-order valence-electron chi connectivity index (χ0n) is 5.53. The lowest BCUT2D eigenvalue weighted by atomic mass is 10.3. The maximum Gasteiger partial charge on any atom is 0.289 e. The molecule has 3 heteroatoms. The molecule has 0 aliphatic carbocycles. The van der Waals surface area contributed by atoms with E-state index in [9.17, 15) is 8.78 Å². The molecule has 0 bridgehead atoms. The van der Waals surface area contributed by atoms with Gasteiger partial charge in [0.05, 0.1) is 0 Å². The topological polar surface area (TPSA) is 9.23 Å². The van der Waals surface area contributed by atoms with Crippen LogP contribution in [0.3, 0.4) is 0 Å². The van der Waals surface area contributed by atoms with Gasteiger partial charge in [0.2, 0.25) is 0 Å². The molecule has 54 valence electrons. The lowest BCUT2D eigenvalue weighted by molar-refractivity contribution is -0.0232. The summed E-state index contributed by atoms with van der Waals surface area (Å²) in [6.45, 7) is 1.00. The number of allylic oxidation sites excluding steroid dienone is 1. The average Bonchev–Trinajstić information content (AvgIpc) is 1.64. The van der Waals surface area contributed by atoms with Gasteiger partial charge in [0.1, 0.15) is 6.61 Å². The second-order valence-electron chi connectivity index (χ2n) is 1.69. The predicted molar refractivity (Wildman–Crippen MR) is 31.6 cm³/mol.